The summed E-state index contributed by atoms with van der Waals surface area (Å²) in [6.45, 7) is 0. The van der Waals surface area contributed by atoms with Crippen LogP contribution in [-0.4, -0.2) is 33.9 Å². The number of benzene rings is 2. The van der Waals surface area contributed by atoms with Crippen LogP contribution in [0, 0.1) is 47.3 Å². The summed E-state index contributed by atoms with van der Waals surface area (Å²) in [7, 11) is 0. The van der Waals surface area contributed by atoms with Gasteiger partial charge in [0.25, 0.3) is 11.8 Å². The Kier molecular flexibility index (Phi) is 5.47. The number of carbonyl (C=O) groups is 2. The molecule has 8 aliphatic carbocycles. The first-order chi connectivity index (χ1) is 20.0. The van der Waals surface area contributed by atoms with Crippen molar-refractivity contribution in [2.24, 2.45) is 47.3 Å². The predicted molar refractivity (Wildman–Crippen MR) is 158 cm³/mol. The molecule has 1 aromatic heterocycles. The number of imidazole rings is 1. The molecule has 6 heteroatoms. The lowest BCUT2D eigenvalue weighted by atomic mass is 9.54. The number of fused-ring (bicyclic) bond motifs is 1. The average Bonchev–Trinajstić information content (AvgIpc) is 3.40. The molecule has 11 rings (SSSR count). The Morgan fingerprint density at radius 3 is 1.59 bits per heavy atom. The van der Waals surface area contributed by atoms with Crippen molar-refractivity contribution < 1.29 is 9.59 Å². The van der Waals surface area contributed by atoms with Gasteiger partial charge in [0.05, 0.1) is 11.0 Å². The van der Waals surface area contributed by atoms with Crippen LogP contribution in [0.25, 0.3) is 22.4 Å². The molecule has 41 heavy (non-hydrogen) atoms. The zero-order chi connectivity index (χ0) is 27.2. The van der Waals surface area contributed by atoms with Crippen molar-refractivity contribution in [2.45, 2.75) is 76.3 Å². The highest BCUT2D eigenvalue weighted by Gasteiger charge is 2.49. The molecular formula is C35H40N4O2. The van der Waals surface area contributed by atoms with Gasteiger partial charge in [-0.15, -0.1) is 0 Å². The molecule has 8 saturated carbocycles. The number of hydrogen-bond donors (Lipinski definition) is 3. The fourth-order valence-corrected chi connectivity index (χ4v) is 10.9. The second kappa shape index (κ2) is 9.17. The minimum Gasteiger partial charge on any atom is -0.349 e. The van der Waals surface area contributed by atoms with Crippen LogP contribution in [-0.2, 0) is 0 Å². The van der Waals surface area contributed by atoms with E-state index in [1.807, 2.05) is 42.5 Å². The molecule has 1 heterocycles. The van der Waals surface area contributed by atoms with E-state index >= 15 is 0 Å². The monoisotopic (exact) mass is 548 g/mol. The summed E-state index contributed by atoms with van der Waals surface area (Å²) in [6.07, 6.45) is 13.2. The van der Waals surface area contributed by atoms with Crippen molar-refractivity contribution in [2.75, 3.05) is 0 Å². The molecule has 212 valence electrons. The van der Waals surface area contributed by atoms with Gasteiger partial charge in [-0.3, -0.25) is 9.59 Å². The highest BCUT2D eigenvalue weighted by Crippen LogP contribution is 2.54. The van der Waals surface area contributed by atoms with E-state index in [2.05, 4.69) is 15.6 Å². The first-order valence-electron chi connectivity index (χ1n) is 16.2. The standard InChI is InChI=1S/C35H40N4O2/c40-34(38-31-25-9-18-7-19(11-25)12-26(31)10-18)23-3-1-22(2-4-23)33-36-29-6-5-24(17-30(29)37-33)35(41)39-32-27-13-20-8-21(15-27)16-28(32)14-20/h1-6,17-21,25-28,31-32H,7-16H2,(H,36,37)(H,38,40)(H,39,41)/t18-,19+,20-,21+,25-,26?,27-,28?,31?,32?. The van der Waals surface area contributed by atoms with E-state index in [9.17, 15) is 9.59 Å². The van der Waals surface area contributed by atoms with Gasteiger partial charge in [0.2, 0.25) is 0 Å². The number of nitrogens with one attached hydrogen (secondary N) is 3. The molecule has 2 aromatic carbocycles. The molecule has 0 saturated heterocycles. The van der Waals surface area contributed by atoms with Crippen molar-refractivity contribution in [1.29, 1.82) is 0 Å². The first kappa shape index (κ1) is 24.4. The third-order valence-electron chi connectivity index (χ3n) is 12.2. The van der Waals surface area contributed by atoms with Crippen molar-refractivity contribution in [3.8, 4) is 11.4 Å². The molecule has 8 bridgehead atoms. The van der Waals surface area contributed by atoms with Gasteiger partial charge in [0.15, 0.2) is 0 Å². The normalized spacial score (nSPS) is 38.0. The molecule has 3 N–H and O–H groups in total. The van der Waals surface area contributed by atoms with Crippen LogP contribution in [0.1, 0.15) is 84.9 Å². The van der Waals surface area contributed by atoms with Crippen molar-refractivity contribution in [3.05, 3.63) is 53.6 Å². The van der Waals surface area contributed by atoms with Gasteiger partial charge in [-0.2, -0.15) is 0 Å². The Balaban J connectivity index is 0.884. The lowest BCUT2D eigenvalue weighted by Crippen LogP contribution is -2.55. The number of hydrogen-bond acceptors (Lipinski definition) is 3. The smallest absolute Gasteiger partial charge is 0.251 e. The third-order valence-corrected chi connectivity index (χ3v) is 12.2. The van der Waals surface area contributed by atoms with Crippen LogP contribution in [0.3, 0.4) is 0 Å². The molecule has 3 aromatic rings. The van der Waals surface area contributed by atoms with Crippen LogP contribution in [0.5, 0.6) is 0 Å². The Labute approximate surface area is 241 Å². The lowest BCUT2D eigenvalue weighted by Gasteiger charge is -2.54. The fourth-order valence-electron chi connectivity index (χ4n) is 10.9. The first-order valence-corrected chi connectivity index (χ1v) is 16.2. The topological polar surface area (TPSA) is 86.9 Å². The zero-order valence-corrected chi connectivity index (χ0v) is 23.6. The van der Waals surface area contributed by atoms with E-state index in [4.69, 9.17) is 4.98 Å². The molecule has 0 spiro atoms. The number of rotatable bonds is 5. The minimum atomic E-state index is 0.0309. The highest BCUT2D eigenvalue weighted by molar-refractivity contribution is 5.98. The molecule has 8 aliphatic rings. The van der Waals surface area contributed by atoms with Gasteiger partial charge < -0.3 is 15.6 Å². The minimum absolute atomic E-state index is 0.0309. The van der Waals surface area contributed by atoms with Crippen LogP contribution < -0.4 is 10.6 Å². The van der Waals surface area contributed by atoms with E-state index in [-0.39, 0.29) is 11.8 Å². The molecule has 0 unspecified atom stereocenters. The largest absolute Gasteiger partial charge is 0.349 e. The zero-order valence-electron chi connectivity index (χ0n) is 23.6. The lowest BCUT2D eigenvalue weighted by molar-refractivity contribution is -0.0119. The van der Waals surface area contributed by atoms with Crippen molar-refractivity contribution in [1.82, 2.24) is 20.6 Å². The van der Waals surface area contributed by atoms with E-state index in [1.165, 1.54) is 64.2 Å². The number of carbonyl (C=O) groups excluding carboxylic acids is 2. The van der Waals surface area contributed by atoms with Gasteiger partial charge in [0, 0.05) is 28.8 Å². The SMILES string of the molecule is O=C(NC1C2C[C@H]3C[C@@H](C2)C[C@@H]1C3)c1ccc(-c2nc3cc(C(=O)NC4C5C[C@H]6C[C@@H](C5)C[C@@H]4C6)ccc3[nH]2)cc1. The number of H-pyrrole nitrogens is 1. The maximum absolute atomic E-state index is 13.3. The maximum Gasteiger partial charge on any atom is 0.251 e. The summed E-state index contributed by atoms with van der Waals surface area (Å²) in [5.41, 5.74) is 4.03. The van der Waals surface area contributed by atoms with Gasteiger partial charge in [-0.1, -0.05) is 12.1 Å². The number of amides is 2. The Hall–Kier alpha value is -3.15. The maximum atomic E-state index is 13.3. The fraction of sp³-hybridized carbons (Fsp3) is 0.571. The summed E-state index contributed by atoms with van der Waals surface area (Å²) in [4.78, 5) is 34.7. The van der Waals surface area contributed by atoms with E-state index in [0.29, 0.717) is 46.9 Å². The summed E-state index contributed by atoms with van der Waals surface area (Å²) >= 11 is 0. The summed E-state index contributed by atoms with van der Waals surface area (Å²) in [5.74, 6) is 7.10. The second-order valence-corrected chi connectivity index (χ2v) is 14.8. The van der Waals surface area contributed by atoms with Crippen LogP contribution >= 0.6 is 0 Å². The quantitative estimate of drug-likeness (QED) is 0.348. The van der Waals surface area contributed by atoms with Gasteiger partial charge in [0.1, 0.15) is 5.82 Å². The van der Waals surface area contributed by atoms with Crippen molar-refractivity contribution in [3.63, 3.8) is 0 Å². The van der Waals surface area contributed by atoms with Gasteiger partial charge in [-0.25, -0.2) is 4.98 Å². The Bertz CT molecular complexity index is 1470. The molecule has 2 amide bonds. The molecule has 6 nitrogen and oxygen atoms in total. The average molecular weight is 549 g/mol. The Morgan fingerprint density at radius 2 is 1.07 bits per heavy atom. The molecule has 0 radical (unpaired) electrons. The van der Waals surface area contributed by atoms with Gasteiger partial charge in [-0.05, 0) is 142 Å². The second-order valence-electron chi connectivity index (χ2n) is 14.8. The third kappa shape index (κ3) is 4.15. The Morgan fingerprint density at radius 1 is 0.610 bits per heavy atom. The number of aromatic amines is 1. The van der Waals surface area contributed by atoms with E-state index < -0.39 is 0 Å². The summed E-state index contributed by atoms with van der Waals surface area (Å²) in [6, 6.07) is 14.2. The van der Waals surface area contributed by atoms with Crippen LogP contribution in [0.4, 0.5) is 0 Å². The van der Waals surface area contributed by atoms with Crippen LogP contribution in [0.2, 0.25) is 0 Å². The summed E-state index contributed by atoms with van der Waals surface area (Å²) < 4.78 is 0. The number of aromatic nitrogens is 2. The van der Waals surface area contributed by atoms with Crippen molar-refractivity contribution >= 4 is 22.8 Å². The van der Waals surface area contributed by atoms with E-state index in [0.717, 1.165) is 46.1 Å². The van der Waals surface area contributed by atoms with Crippen LogP contribution in [0.15, 0.2) is 42.5 Å². The molecular weight excluding hydrogens is 508 g/mol. The highest BCUT2D eigenvalue weighted by atomic mass is 16.2. The molecule has 0 aliphatic heterocycles. The summed E-state index contributed by atoms with van der Waals surface area (Å²) in [5, 5.41) is 6.85. The van der Waals surface area contributed by atoms with E-state index in [1.54, 1.807) is 0 Å². The predicted octanol–water partition coefficient (Wildman–Crippen LogP) is 6.34. The molecule has 8 fully saturated rings. The van der Waals surface area contributed by atoms with Gasteiger partial charge >= 0.3 is 0 Å². The molecule has 0 atom stereocenters. The number of nitrogens with zero attached hydrogens (tertiary/aromatic N) is 1.